The molecule has 0 aliphatic heterocycles. The van der Waals surface area contributed by atoms with Crippen molar-refractivity contribution >= 4 is 11.8 Å². The van der Waals surface area contributed by atoms with Gasteiger partial charge in [0, 0.05) is 6.42 Å². The largest absolute Gasteiger partial charge is 0.393 e. The smallest absolute Gasteiger partial charge is 0.265 e. The van der Waals surface area contributed by atoms with Crippen LogP contribution >= 0.6 is 0 Å². The first kappa shape index (κ1) is 25.9. The third-order valence-electron chi connectivity index (χ3n) is 11.1. The van der Waals surface area contributed by atoms with E-state index < -0.39 is 11.9 Å². The van der Waals surface area contributed by atoms with Gasteiger partial charge in [-0.05, 0) is 111 Å². The molecule has 194 valence electrons. The first-order chi connectivity index (χ1) is 16.0. The zero-order valence-corrected chi connectivity index (χ0v) is 21.4. The predicted octanol–water partition coefficient (Wildman–Crippen LogP) is 3.40. The van der Waals surface area contributed by atoms with Crippen molar-refractivity contribution in [3.05, 3.63) is 0 Å². The van der Waals surface area contributed by atoms with Crippen LogP contribution < -0.4 is 10.8 Å². The van der Waals surface area contributed by atoms with Gasteiger partial charge in [-0.2, -0.15) is 0 Å². The van der Waals surface area contributed by atoms with Crippen molar-refractivity contribution in [3.8, 4) is 0 Å². The summed E-state index contributed by atoms with van der Waals surface area (Å²) in [6.45, 7) is 8.71. The van der Waals surface area contributed by atoms with Gasteiger partial charge in [-0.1, -0.05) is 20.8 Å². The lowest BCUT2D eigenvalue weighted by atomic mass is 9.43. The Balaban J connectivity index is 1.41. The van der Waals surface area contributed by atoms with Crippen LogP contribution in [0, 0.1) is 46.3 Å². The number of nitrogens with one attached hydrogen (secondary N) is 2. The quantitative estimate of drug-likeness (QED) is 0.296. The summed E-state index contributed by atoms with van der Waals surface area (Å²) in [5.74, 6) is 2.02. The molecule has 7 nitrogen and oxygen atoms in total. The fraction of sp³-hybridized carbons (Fsp3) is 0.926. The first-order valence-electron chi connectivity index (χ1n) is 13.6. The van der Waals surface area contributed by atoms with Crippen LogP contribution in [0.5, 0.6) is 0 Å². The van der Waals surface area contributed by atoms with E-state index in [4.69, 9.17) is 5.21 Å². The summed E-state index contributed by atoms with van der Waals surface area (Å²) >= 11 is 0. The Morgan fingerprint density at radius 3 is 2.35 bits per heavy atom. The van der Waals surface area contributed by atoms with Gasteiger partial charge in [-0.15, -0.1) is 0 Å². The number of hydrogen-bond donors (Lipinski definition) is 5. The minimum absolute atomic E-state index is 0.160. The highest BCUT2D eigenvalue weighted by atomic mass is 16.5. The number of fused-ring (bicyclic) bond motifs is 5. The molecule has 4 aliphatic carbocycles. The normalized spacial score (nSPS) is 45.3. The Bertz CT molecular complexity index is 776. The summed E-state index contributed by atoms with van der Waals surface area (Å²) in [7, 11) is 0. The molecule has 0 aromatic carbocycles. The zero-order chi connectivity index (χ0) is 24.8. The van der Waals surface area contributed by atoms with E-state index in [2.05, 4.69) is 26.1 Å². The van der Waals surface area contributed by atoms with E-state index in [-0.39, 0.29) is 28.9 Å². The van der Waals surface area contributed by atoms with Crippen LogP contribution in [0.1, 0.15) is 91.9 Å². The van der Waals surface area contributed by atoms with E-state index >= 15 is 0 Å². The predicted molar refractivity (Wildman–Crippen MR) is 129 cm³/mol. The van der Waals surface area contributed by atoms with Crippen molar-refractivity contribution in [1.29, 1.82) is 0 Å². The van der Waals surface area contributed by atoms with Crippen LogP contribution in [0.2, 0.25) is 0 Å². The molecular weight excluding hydrogens is 432 g/mol. The minimum atomic E-state index is -0.754. The third kappa shape index (κ3) is 4.41. The Hall–Kier alpha value is -1.18. The maximum absolute atomic E-state index is 12.4. The van der Waals surface area contributed by atoms with Gasteiger partial charge in [0.2, 0.25) is 5.91 Å². The number of rotatable bonds is 6. The molecule has 5 N–H and O–H groups in total. The number of aliphatic hydroxyl groups excluding tert-OH is 2. The van der Waals surface area contributed by atoms with Gasteiger partial charge in [-0.3, -0.25) is 14.8 Å². The van der Waals surface area contributed by atoms with E-state index in [1.165, 1.54) is 6.42 Å². The minimum Gasteiger partial charge on any atom is -0.393 e. The Labute approximate surface area is 204 Å². The molecule has 4 saturated carbocycles. The van der Waals surface area contributed by atoms with E-state index in [0.29, 0.717) is 41.9 Å². The molecule has 0 unspecified atom stereocenters. The lowest BCUT2D eigenvalue weighted by molar-refractivity contribution is -0.174. The Morgan fingerprint density at radius 2 is 1.65 bits per heavy atom. The van der Waals surface area contributed by atoms with Crippen LogP contribution in [-0.2, 0) is 9.59 Å². The van der Waals surface area contributed by atoms with Gasteiger partial charge in [0.05, 0.1) is 12.2 Å². The van der Waals surface area contributed by atoms with Gasteiger partial charge in [0.1, 0.15) is 6.04 Å². The molecule has 0 heterocycles. The second-order valence-electron chi connectivity index (χ2n) is 12.7. The van der Waals surface area contributed by atoms with Crippen molar-refractivity contribution in [2.45, 2.75) is 110 Å². The highest BCUT2D eigenvalue weighted by Gasteiger charge is 2.62. The van der Waals surface area contributed by atoms with E-state index in [1.807, 2.05) is 0 Å². The summed E-state index contributed by atoms with van der Waals surface area (Å²) in [6.07, 6.45) is 9.00. The van der Waals surface area contributed by atoms with Crippen LogP contribution in [0.3, 0.4) is 0 Å². The highest BCUT2D eigenvalue weighted by molar-refractivity contribution is 5.86. The van der Waals surface area contributed by atoms with Gasteiger partial charge in [0.25, 0.3) is 5.91 Å². The summed E-state index contributed by atoms with van der Waals surface area (Å²) in [5.41, 5.74) is 2.01. The average Bonchev–Trinajstić information content (AvgIpc) is 3.15. The lowest BCUT2D eigenvalue weighted by Crippen LogP contribution is -2.58. The summed E-state index contributed by atoms with van der Waals surface area (Å²) in [4.78, 5) is 23.8. The van der Waals surface area contributed by atoms with Crippen molar-refractivity contribution in [3.63, 3.8) is 0 Å². The van der Waals surface area contributed by atoms with E-state index in [1.54, 1.807) is 12.4 Å². The second-order valence-corrected chi connectivity index (χ2v) is 12.7. The first-order valence-corrected chi connectivity index (χ1v) is 13.6. The molecule has 0 radical (unpaired) electrons. The molecule has 0 aromatic heterocycles. The summed E-state index contributed by atoms with van der Waals surface area (Å²) < 4.78 is 0. The maximum atomic E-state index is 12.4. The summed E-state index contributed by atoms with van der Waals surface area (Å²) in [5, 5.41) is 33.0. The molecule has 2 amide bonds. The van der Waals surface area contributed by atoms with Crippen molar-refractivity contribution in [1.82, 2.24) is 10.8 Å². The van der Waals surface area contributed by atoms with Gasteiger partial charge < -0.3 is 15.5 Å². The SMILES string of the molecule is C[C@H](CCC(=O)N[C@H](C)C(=O)NO)[C@H]1CC[C@H]2[C@@H]3[C@@H](O)C[C@@H]4C[C@H](O)CC[C@]4(C)[C@H]3CC[C@]12C. The Kier molecular flexibility index (Phi) is 7.39. The molecule has 0 spiro atoms. The van der Waals surface area contributed by atoms with E-state index in [9.17, 15) is 19.8 Å². The Morgan fingerprint density at radius 1 is 0.971 bits per heavy atom. The lowest BCUT2D eigenvalue weighted by Gasteiger charge is -2.62. The van der Waals surface area contributed by atoms with Crippen LogP contribution in [0.4, 0.5) is 0 Å². The fourth-order valence-corrected chi connectivity index (χ4v) is 9.21. The van der Waals surface area contributed by atoms with E-state index in [0.717, 1.165) is 51.4 Å². The molecular formula is C27H46N2O5. The second kappa shape index (κ2) is 9.70. The number of hydrogen-bond acceptors (Lipinski definition) is 5. The number of carbonyl (C=O) groups is 2. The van der Waals surface area contributed by atoms with Gasteiger partial charge in [0.15, 0.2) is 0 Å². The van der Waals surface area contributed by atoms with Crippen LogP contribution in [0.15, 0.2) is 0 Å². The molecule has 7 heteroatoms. The number of carbonyl (C=O) groups excluding carboxylic acids is 2. The fourth-order valence-electron chi connectivity index (χ4n) is 9.21. The number of amides is 2. The molecule has 4 rings (SSSR count). The molecule has 4 aliphatic rings. The standard InChI is InChI=1S/C27H46N2O5/c1-15(5-8-23(32)28-16(2)25(33)29-34)19-6-7-20-24-21(10-12-27(19,20)4)26(3)11-9-18(30)13-17(26)14-22(24)31/h15-22,24,30-31,34H,5-14H2,1-4H3,(H,28,32)(H,29,33)/t15-,16-,17+,18-,19-,20+,21+,22+,24+,26+,27-/m1/s1. The monoisotopic (exact) mass is 478 g/mol. The highest BCUT2D eigenvalue weighted by Crippen LogP contribution is 2.68. The van der Waals surface area contributed by atoms with Crippen LogP contribution in [0.25, 0.3) is 0 Å². The molecule has 0 aromatic rings. The number of aliphatic hydroxyl groups is 2. The number of hydroxylamine groups is 1. The molecule has 0 bridgehead atoms. The van der Waals surface area contributed by atoms with Crippen LogP contribution in [-0.4, -0.2) is 45.5 Å². The van der Waals surface area contributed by atoms with Crippen molar-refractivity contribution in [2.24, 2.45) is 46.3 Å². The molecule has 4 fully saturated rings. The molecule has 0 saturated heterocycles. The molecule has 34 heavy (non-hydrogen) atoms. The summed E-state index contributed by atoms with van der Waals surface area (Å²) in [6, 6.07) is -0.754. The maximum Gasteiger partial charge on any atom is 0.265 e. The van der Waals surface area contributed by atoms with Crippen molar-refractivity contribution < 1.29 is 25.0 Å². The average molecular weight is 479 g/mol. The topological polar surface area (TPSA) is 119 Å². The van der Waals surface area contributed by atoms with Crippen molar-refractivity contribution in [2.75, 3.05) is 0 Å². The van der Waals surface area contributed by atoms with Gasteiger partial charge >= 0.3 is 0 Å². The third-order valence-corrected chi connectivity index (χ3v) is 11.1. The van der Waals surface area contributed by atoms with Gasteiger partial charge in [-0.25, -0.2) is 5.48 Å². The molecule has 11 atom stereocenters. The zero-order valence-electron chi connectivity index (χ0n) is 21.4.